The predicted octanol–water partition coefficient (Wildman–Crippen LogP) is 3.98. The highest BCUT2D eigenvalue weighted by Gasteiger charge is 2.17. The summed E-state index contributed by atoms with van der Waals surface area (Å²) in [4.78, 5) is 12.5. The molecule has 2 rings (SSSR count). The summed E-state index contributed by atoms with van der Waals surface area (Å²) < 4.78 is 27.0. The standard InChI is InChI=1S/C18H21ClN2O3S/c1-4-13(3)21-25(23,24)16-9-6-14(7-10-16)18(22)20-17-11-15(19)8-5-12(17)2/h5-11,13,21H,4H2,1-3H3,(H,20,22). The van der Waals surface area contributed by atoms with Gasteiger partial charge in [-0.1, -0.05) is 24.6 Å². The first-order valence-electron chi connectivity index (χ1n) is 7.93. The van der Waals surface area contributed by atoms with Gasteiger partial charge in [0.25, 0.3) is 5.91 Å². The first-order chi connectivity index (χ1) is 11.7. The lowest BCUT2D eigenvalue weighted by Crippen LogP contribution is -2.32. The Morgan fingerprint density at radius 2 is 1.80 bits per heavy atom. The third-order valence-electron chi connectivity index (χ3n) is 3.84. The van der Waals surface area contributed by atoms with E-state index < -0.39 is 10.0 Å². The van der Waals surface area contributed by atoms with Crippen molar-refractivity contribution in [1.82, 2.24) is 4.72 Å². The van der Waals surface area contributed by atoms with Crippen LogP contribution in [0, 0.1) is 6.92 Å². The summed E-state index contributed by atoms with van der Waals surface area (Å²) in [6, 6.07) is 10.9. The van der Waals surface area contributed by atoms with Gasteiger partial charge in [-0.2, -0.15) is 0 Å². The van der Waals surface area contributed by atoms with Gasteiger partial charge in [0.15, 0.2) is 0 Å². The zero-order valence-electron chi connectivity index (χ0n) is 14.3. The van der Waals surface area contributed by atoms with Crippen LogP contribution in [-0.4, -0.2) is 20.4 Å². The summed E-state index contributed by atoms with van der Waals surface area (Å²) in [5.74, 6) is -0.329. The number of carbonyl (C=O) groups excluding carboxylic acids is 1. The van der Waals surface area contributed by atoms with Crippen molar-refractivity contribution in [3.05, 3.63) is 58.6 Å². The quantitative estimate of drug-likeness (QED) is 0.795. The Morgan fingerprint density at radius 1 is 1.16 bits per heavy atom. The molecule has 7 heteroatoms. The zero-order chi connectivity index (χ0) is 18.6. The summed E-state index contributed by atoms with van der Waals surface area (Å²) in [7, 11) is -3.58. The van der Waals surface area contributed by atoms with Gasteiger partial charge in [-0.15, -0.1) is 0 Å². The van der Waals surface area contributed by atoms with E-state index >= 15 is 0 Å². The first-order valence-corrected chi connectivity index (χ1v) is 9.79. The van der Waals surface area contributed by atoms with Crippen molar-refractivity contribution < 1.29 is 13.2 Å². The summed E-state index contributed by atoms with van der Waals surface area (Å²) in [6.07, 6.45) is 0.693. The molecular weight excluding hydrogens is 360 g/mol. The van der Waals surface area contributed by atoms with E-state index in [2.05, 4.69) is 10.0 Å². The Hall–Kier alpha value is -1.89. The monoisotopic (exact) mass is 380 g/mol. The maximum Gasteiger partial charge on any atom is 0.255 e. The van der Waals surface area contributed by atoms with E-state index in [1.54, 1.807) is 19.1 Å². The molecule has 0 radical (unpaired) electrons. The van der Waals surface area contributed by atoms with Crippen LogP contribution in [0.5, 0.6) is 0 Å². The minimum Gasteiger partial charge on any atom is -0.322 e. The SMILES string of the molecule is CCC(C)NS(=O)(=O)c1ccc(C(=O)Nc2cc(Cl)ccc2C)cc1. The van der Waals surface area contributed by atoms with E-state index in [-0.39, 0.29) is 16.8 Å². The van der Waals surface area contributed by atoms with E-state index in [1.165, 1.54) is 24.3 Å². The first kappa shape index (κ1) is 19.4. The molecule has 134 valence electrons. The highest BCUT2D eigenvalue weighted by molar-refractivity contribution is 7.89. The molecule has 2 N–H and O–H groups in total. The average molecular weight is 381 g/mol. The van der Waals surface area contributed by atoms with Crippen molar-refractivity contribution in [3.63, 3.8) is 0 Å². The summed E-state index contributed by atoms with van der Waals surface area (Å²) >= 11 is 5.95. The molecule has 25 heavy (non-hydrogen) atoms. The Bertz CT molecular complexity index is 864. The van der Waals surface area contributed by atoms with Crippen molar-refractivity contribution >= 4 is 33.2 Å². The molecule has 2 aromatic rings. The van der Waals surface area contributed by atoms with Gasteiger partial charge < -0.3 is 5.32 Å². The van der Waals surface area contributed by atoms with Crippen molar-refractivity contribution in [3.8, 4) is 0 Å². The number of rotatable bonds is 6. The number of halogens is 1. The van der Waals surface area contributed by atoms with Gasteiger partial charge in [0.1, 0.15) is 0 Å². The fourth-order valence-corrected chi connectivity index (χ4v) is 3.62. The van der Waals surface area contributed by atoms with Crippen LogP contribution in [0.4, 0.5) is 5.69 Å². The largest absolute Gasteiger partial charge is 0.322 e. The van der Waals surface area contributed by atoms with Gasteiger partial charge in [0.05, 0.1) is 4.90 Å². The second kappa shape index (κ2) is 7.99. The lowest BCUT2D eigenvalue weighted by molar-refractivity contribution is 0.102. The molecule has 1 amide bonds. The minimum atomic E-state index is -3.58. The minimum absolute atomic E-state index is 0.128. The van der Waals surface area contributed by atoms with Crippen molar-refractivity contribution in [2.24, 2.45) is 0 Å². The number of benzene rings is 2. The van der Waals surface area contributed by atoms with Crippen molar-refractivity contribution in [2.45, 2.75) is 38.1 Å². The number of anilines is 1. The highest BCUT2D eigenvalue weighted by atomic mass is 35.5. The van der Waals surface area contributed by atoms with E-state index in [4.69, 9.17) is 11.6 Å². The van der Waals surface area contributed by atoms with Crippen LogP contribution in [-0.2, 0) is 10.0 Å². The van der Waals surface area contributed by atoms with Gasteiger partial charge in [-0.25, -0.2) is 13.1 Å². The van der Waals surface area contributed by atoms with Gasteiger partial charge in [0, 0.05) is 22.3 Å². The third-order valence-corrected chi connectivity index (χ3v) is 5.68. The second-order valence-corrected chi connectivity index (χ2v) is 8.02. The van der Waals surface area contributed by atoms with E-state index in [0.29, 0.717) is 22.7 Å². The topological polar surface area (TPSA) is 75.3 Å². The molecule has 5 nitrogen and oxygen atoms in total. The molecule has 0 fully saturated rings. The maximum absolute atomic E-state index is 12.3. The van der Waals surface area contributed by atoms with Gasteiger partial charge in [0.2, 0.25) is 10.0 Å². The highest BCUT2D eigenvalue weighted by Crippen LogP contribution is 2.21. The number of hydrogen-bond acceptors (Lipinski definition) is 3. The van der Waals surface area contributed by atoms with Gasteiger partial charge in [-0.05, 0) is 62.2 Å². The second-order valence-electron chi connectivity index (χ2n) is 5.87. The molecule has 0 bridgehead atoms. The summed E-state index contributed by atoms with van der Waals surface area (Å²) in [5.41, 5.74) is 1.87. The molecule has 1 atom stereocenters. The lowest BCUT2D eigenvalue weighted by Gasteiger charge is -2.12. The molecule has 0 saturated heterocycles. The molecule has 1 unspecified atom stereocenters. The molecular formula is C18H21ClN2O3S. The molecule has 0 heterocycles. The lowest BCUT2D eigenvalue weighted by atomic mass is 10.1. The smallest absolute Gasteiger partial charge is 0.255 e. The normalized spacial score (nSPS) is 12.6. The zero-order valence-corrected chi connectivity index (χ0v) is 15.9. The van der Waals surface area contributed by atoms with Crippen LogP contribution in [0.15, 0.2) is 47.4 Å². The van der Waals surface area contributed by atoms with E-state index in [1.807, 2.05) is 19.9 Å². The van der Waals surface area contributed by atoms with E-state index in [0.717, 1.165) is 5.56 Å². The van der Waals surface area contributed by atoms with Crippen molar-refractivity contribution in [2.75, 3.05) is 5.32 Å². The summed E-state index contributed by atoms with van der Waals surface area (Å²) in [5, 5.41) is 3.30. The van der Waals surface area contributed by atoms with Crippen LogP contribution in [0.2, 0.25) is 5.02 Å². The molecule has 0 saturated carbocycles. The van der Waals surface area contributed by atoms with Crippen LogP contribution in [0.3, 0.4) is 0 Å². The molecule has 0 aliphatic carbocycles. The number of hydrogen-bond donors (Lipinski definition) is 2. The van der Waals surface area contributed by atoms with Crippen molar-refractivity contribution in [1.29, 1.82) is 0 Å². The fourth-order valence-electron chi connectivity index (χ4n) is 2.13. The van der Waals surface area contributed by atoms with Gasteiger partial charge >= 0.3 is 0 Å². The average Bonchev–Trinajstić information content (AvgIpc) is 2.57. The van der Waals surface area contributed by atoms with Crippen LogP contribution < -0.4 is 10.0 Å². The fraction of sp³-hybridized carbons (Fsp3) is 0.278. The number of nitrogens with one attached hydrogen (secondary N) is 2. The molecule has 0 aromatic heterocycles. The Labute approximate surface area is 153 Å². The molecule has 0 spiro atoms. The number of amides is 1. The Kier molecular flexibility index (Phi) is 6.21. The molecule has 0 aliphatic heterocycles. The number of aryl methyl sites for hydroxylation is 1. The predicted molar refractivity (Wildman–Crippen MR) is 101 cm³/mol. The molecule has 2 aromatic carbocycles. The molecule has 0 aliphatic rings. The maximum atomic E-state index is 12.3. The Balaban J connectivity index is 2.16. The number of sulfonamides is 1. The van der Waals surface area contributed by atoms with Crippen LogP contribution in [0.1, 0.15) is 36.2 Å². The van der Waals surface area contributed by atoms with Gasteiger partial charge in [-0.3, -0.25) is 4.79 Å². The van der Waals surface area contributed by atoms with E-state index in [9.17, 15) is 13.2 Å². The Morgan fingerprint density at radius 3 is 2.40 bits per heavy atom. The summed E-state index contributed by atoms with van der Waals surface area (Å²) in [6.45, 7) is 5.56. The van der Waals surface area contributed by atoms with Crippen LogP contribution >= 0.6 is 11.6 Å². The third kappa shape index (κ3) is 5.04. The van der Waals surface area contributed by atoms with Crippen LogP contribution in [0.25, 0.3) is 0 Å². The number of carbonyl (C=O) groups is 1.